The zero-order valence-electron chi connectivity index (χ0n) is 13.7. The lowest BCUT2D eigenvalue weighted by Crippen LogP contribution is -2.29. The van der Waals surface area contributed by atoms with Crippen LogP contribution in [-0.2, 0) is 16.1 Å². The third-order valence-electron chi connectivity index (χ3n) is 4.20. The summed E-state index contributed by atoms with van der Waals surface area (Å²) in [6.07, 6.45) is -4.64. The monoisotopic (exact) mass is 395 g/mol. The lowest BCUT2D eigenvalue weighted by molar-refractivity contribution is -0.144. The Labute approximate surface area is 157 Å². The van der Waals surface area contributed by atoms with E-state index in [0.29, 0.717) is 11.8 Å². The molecule has 1 heterocycles. The van der Waals surface area contributed by atoms with Crippen LogP contribution in [0.3, 0.4) is 0 Å². The Morgan fingerprint density at radius 3 is 2.44 bits per heavy atom. The predicted octanol–water partition coefficient (Wildman–Crippen LogP) is 4.54. The highest BCUT2D eigenvalue weighted by Crippen LogP contribution is 2.42. The number of hydrogen-bond acceptors (Lipinski definition) is 2. The van der Waals surface area contributed by atoms with Crippen molar-refractivity contribution < 1.29 is 27.9 Å². The molecule has 0 radical (unpaired) electrons. The van der Waals surface area contributed by atoms with Crippen LogP contribution in [0.25, 0.3) is 0 Å². The summed E-state index contributed by atoms with van der Waals surface area (Å²) >= 11 is 5.94. The van der Waals surface area contributed by atoms with Gasteiger partial charge in [0.1, 0.15) is 5.57 Å². The molecular weight excluding hydrogens is 383 g/mol. The van der Waals surface area contributed by atoms with E-state index < -0.39 is 29.5 Å². The van der Waals surface area contributed by atoms with Crippen LogP contribution in [0.2, 0.25) is 5.02 Å². The normalized spacial score (nSPS) is 17.2. The smallest absolute Gasteiger partial charge is 0.423 e. The number of carbonyl (C=O) groups excluding carboxylic acids is 1. The molecule has 0 aromatic heterocycles. The number of fused-ring (bicyclic) bond motifs is 1. The number of carboxylic acid groups (broad SMARTS) is 1. The molecule has 1 unspecified atom stereocenters. The average molecular weight is 396 g/mol. The van der Waals surface area contributed by atoms with Gasteiger partial charge in [0, 0.05) is 10.7 Å². The molecule has 140 valence electrons. The van der Waals surface area contributed by atoms with Gasteiger partial charge in [-0.15, -0.1) is 0 Å². The zero-order valence-corrected chi connectivity index (χ0v) is 14.5. The maximum Gasteiger partial charge on any atom is 0.423 e. The van der Waals surface area contributed by atoms with E-state index in [-0.39, 0.29) is 17.1 Å². The van der Waals surface area contributed by atoms with Crippen LogP contribution in [0, 0.1) is 0 Å². The summed E-state index contributed by atoms with van der Waals surface area (Å²) in [6, 6.07) is 13.4. The van der Waals surface area contributed by atoms with Crippen molar-refractivity contribution in [2.24, 2.45) is 0 Å². The standard InChI is InChI=1S/C19H13ClF3NO3/c20-12-6-7-16-13(8-12)14(9-15(18(26)27)19(21,22)23)17(25)24(16)10-11-4-2-1-3-5-11/h1-9,14H,10H2,(H,26,27)/b15-9-. The van der Waals surface area contributed by atoms with Gasteiger partial charge in [-0.3, -0.25) is 4.79 Å². The molecule has 27 heavy (non-hydrogen) atoms. The predicted molar refractivity (Wildman–Crippen MR) is 93.6 cm³/mol. The van der Waals surface area contributed by atoms with Crippen molar-refractivity contribution in [3.8, 4) is 0 Å². The highest BCUT2D eigenvalue weighted by Gasteiger charge is 2.43. The molecule has 1 aliphatic rings. The minimum absolute atomic E-state index is 0.146. The number of benzene rings is 2. The maximum absolute atomic E-state index is 13.1. The van der Waals surface area contributed by atoms with Crippen LogP contribution in [0.5, 0.6) is 0 Å². The van der Waals surface area contributed by atoms with E-state index in [1.54, 1.807) is 36.4 Å². The van der Waals surface area contributed by atoms with Crippen molar-refractivity contribution in [1.82, 2.24) is 0 Å². The molecular formula is C19H13ClF3NO3. The number of halogens is 4. The summed E-state index contributed by atoms with van der Waals surface area (Å²) in [5, 5.41) is 9.16. The van der Waals surface area contributed by atoms with Crippen molar-refractivity contribution in [1.29, 1.82) is 0 Å². The number of nitrogens with zero attached hydrogens (tertiary/aromatic N) is 1. The van der Waals surface area contributed by atoms with E-state index in [1.807, 2.05) is 0 Å². The summed E-state index contributed by atoms with van der Waals surface area (Å²) in [7, 11) is 0. The maximum atomic E-state index is 13.1. The second-order valence-electron chi connectivity index (χ2n) is 5.97. The van der Waals surface area contributed by atoms with Gasteiger partial charge in [0.05, 0.1) is 12.5 Å². The molecule has 4 nitrogen and oxygen atoms in total. The van der Waals surface area contributed by atoms with Crippen molar-refractivity contribution >= 4 is 29.2 Å². The Balaban J connectivity index is 2.07. The second-order valence-corrected chi connectivity index (χ2v) is 6.41. The second kappa shape index (κ2) is 7.08. The summed E-state index contributed by atoms with van der Waals surface area (Å²) in [6.45, 7) is 0.146. The quantitative estimate of drug-likeness (QED) is 0.773. The number of carboxylic acids is 1. The summed E-state index contributed by atoms with van der Waals surface area (Å²) in [5.74, 6) is -4.16. The molecule has 0 aliphatic carbocycles. The first-order valence-corrected chi connectivity index (χ1v) is 8.23. The molecule has 1 amide bonds. The number of rotatable bonds is 4. The molecule has 0 saturated heterocycles. The lowest BCUT2D eigenvalue weighted by Gasteiger charge is -2.18. The minimum atomic E-state index is -5.09. The first-order valence-electron chi connectivity index (χ1n) is 7.85. The first kappa shape index (κ1) is 19.0. The highest BCUT2D eigenvalue weighted by atomic mass is 35.5. The van der Waals surface area contributed by atoms with E-state index in [0.717, 1.165) is 5.56 Å². The Bertz CT molecular complexity index is 926. The fraction of sp³-hybridized carbons (Fsp3) is 0.158. The Kier molecular flexibility index (Phi) is 4.97. The zero-order chi connectivity index (χ0) is 19.8. The van der Waals surface area contributed by atoms with Crippen LogP contribution >= 0.6 is 11.6 Å². The van der Waals surface area contributed by atoms with Crippen molar-refractivity contribution in [2.45, 2.75) is 18.6 Å². The van der Waals surface area contributed by atoms with Gasteiger partial charge >= 0.3 is 12.1 Å². The summed E-state index contributed by atoms with van der Waals surface area (Å²) < 4.78 is 39.2. The Morgan fingerprint density at radius 1 is 1.19 bits per heavy atom. The Hall–Kier alpha value is -2.80. The molecule has 1 N–H and O–H groups in total. The molecule has 3 rings (SSSR count). The van der Waals surface area contributed by atoms with Gasteiger partial charge in [-0.2, -0.15) is 13.2 Å². The van der Waals surface area contributed by atoms with Gasteiger partial charge in [0.25, 0.3) is 0 Å². The fourth-order valence-corrected chi connectivity index (χ4v) is 3.16. The van der Waals surface area contributed by atoms with Crippen LogP contribution in [0.4, 0.5) is 18.9 Å². The molecule has 1 atom stereocenters. The summed E-state index contributed by atoms with van der Waals surface area (Å²) in [5.41, 5.74) is -0.355. The van der Waals surface area contributed by atoms with Crippen molar-refractivity contribution in [3.05, 3.63) is 76.3 Å². The van der Waals surface area contributed by atoms with E-state index in [4.69, 9.17) is 16.7 Å². The summed E-state index contributed by atoms with van der Waals surface area (Å²) in [4.78, 5) is 25.2. The van der Waals surface area contributed by atoms with Gasteiger partial charge in [0.15, 0.2) is 0 Å². The third-order valence-corrected chi connectivity index (χ3v) is 4.44. The van der Waals surface area contributed by atoms with Gasteiger partial charge in [-0.05, 0) is 35.4 Å². The average Bonchev–Trinajstić information content (AvgIpc) is 2.83. The van der Waals surface area contributed by atoms with Crippen molar-refractivity contribution in [2.75, 3.05) is 4.90 Å². The number of alkyl halides is 3. The van der Waals surface area contributed by atoms with E-state index in [9.17, 15) is 22.8 Å². The van der Waals surface area contributed by atoms with Gasteiger partial charge in [0.2, 0.25) is 5.91 Å². The van der Waals surface area contributed by atoms with E-state index >= 15 is 0 Å². The topological polar surface area (TPSA) is 57.6 Å². The Morgan fingerprint density at radius 2 is 1.85 bits per heavy atom. The molecule has 8 heteroatoms. The highest BCUT2D eigenvalue weighted by molar-refractivity contribution is 6.31. The van der Waals surface area contributed by atoms with Crippen LogP contribution in [0.1, 0.15) is 17.0 Å². The van der Waals surface area contributed by atoms with Gasteiger partial charge < -0.3 is 10.0 Å². The van der Waals surface area contributed by atoms with Gasteiger partial charge in [-0.1, -0.05) is 41.9 Å². The van der Waals surface area contributed by atoms with Gasteiger partial charge in [-0.25, -0.2) is 4.79 Å². The van der Waals surface area contributed by atoms with E-state index in [2.05, 4.69) is 0 Å². The SMILES string of the molecule is O=C(O)/C(=C/C1C(=O)N(Cc2ccccc2)c2ccc(Cl)cc21)C(F)(F)F. The number of anilines is 1. The number of amides is 1. The minimum Gasteiger partial charge on any atom is -0.478 e. The third kappa shape index (κ3) is 3.83. The van der Waals surface area contributed by atoms with E-state index in [1.165, 1.54) is 17.0 Å². The van der Waals surface area contributed by atoms with Crippen molar-refractivity contribution in [3.63, 3.8) is 0 Å². The van der Waals surface area contributed by atoms with Crippen LogP contribution in [0.15, 0.2) is 60.2 Å². The molecule has 1 aliphatic heterocycles. The molecule has 0 bridgehead atoms. The van der Waals surface area contributed by atoms with Crippen LogP contribution in [-0.4, -0.2) is 23.2 Å². The molecule has 0 saturated carbocycles. The number of hydrogen-bond donors (Lipinski definition) is 1. The number of aliphatic carboxylic acids is 1. The molecule has 0 spiro atoms. The number of carbonyl (C=O) groups is 2. The largest absolute Gasteiger partial charge is 0.478 e. The fourth-order valence-electron chi connectivity index (χ4n) is 2.98. The molecule has 2 aromatic carbocycles. The first-order chi connectivity index (χ1) is 12.7. The molecule has 0 fully saturated rings. The lowest BCUT2D eigenvalue weighted by atomic mass is 9.97. The molecule has 2 aromatic rings. The van der Waals surface area contributed by atoms with Crippen LogP contribution < -0.4 is 4.90 Å².